The number of hydrogen-bond donors (Lipinski definition) is 0. The van der Waals surface area contributed by atoms with Crippen molar-refractivity contribution in [3.63, 3.8) is 0 Å². The van der Waals surface area contributed by atoms with Gasteiger partial charge in [-0.3, -0.25) is 9.59 Å². The van der Waals surface area contributed by atoms with Gasteiger partial charge in [0, 0.05) is 7.11 Å². The van der Waals surface area contributed by atoms with Crippen LogP contribution in [0.25, 0.3) is 0 Å². The molecule has 3 atom stereocenters. The van der Waals surface area contributed by atoms with Crippen molar-refractivity contribution in [3.8, 4) is 0 Å². The molecule has 1 fully saturated rings. The van der Waals surface area contributed by atoms with E-state index in [1.807, 2.05) is 0 Å². The van der Waals surface area contributed by atoms with Gasteiger partial charge in [0.1, 0.15) is 0 Å². The third-order valence-corrected chi connectivity index (χ3v) is 4.08. The summed E-state index contributed by atoms with van der Waals surface area (Å²) in [6, 6.07) is 6.41. The fourth-order valence-electron chi connectivity index (χ4n) is 2.77. The van der Waals surface area contributed by atoms with Crippen molar-refractivity contribution in [1.29, 1.82) is 0 Å². The van der Waals surface area contributed by atoms with Gasteiger partial charge < -0.3 is 9.47 Å². The molecule has 6 nitrogen and oxygen atoms in total. The average Bonchev–Trinajstić information content (AvgIpc) is 2.75. The van der Waals surface area contributed by atoms with Gasteiger partial charge in [-0.1, -0.05) is 19.1 Å². The Bertz CT molecular complexity index is 612. The first kappa shape index (κ1) is 16.2. The number of carbonyl (C=O) groups is 3. The van der Waals surface area contributed by atoms with Crippen LogP contribution in [0.3, 0.4) is 0 Å². The lowest BCUT2D eigenvalue weighted by Gasteiger charge is -2.19. The summed E-state index contributed by atoms with van der Waals surface area (Å²) in [5.74, 6) is -2.36. The molecule has 0 radical (unpaired) electrons. The Morgan fingerprint density at radius 3 is 2.41 bits per heavy atom. The maximum atomic E-state index is 12.7. The van der Waals surface area contributed by atoms with Crippen LogP contribution in [0.4, 0.5) is 5.69 Å². The van der Waals surface area contributed by atoms with E-state index in [0.29, 0.717) is 0 Å². The summed E-state index contributed by atoms with van der Waals surface area (Å²) < 4.78 is 9.93. The molecule has 0 bridgehead atoms. The average molecular weight is 305 g/mol. The van der Waals surface area contributed by atoms with Crippen LogP contribution in [0.1, 0.15) is 24.2 Å². The minimum absolute atomic E-state index is 0.185. The van der Waals surface area contributed by atoms with Crippen LogP contribution in [0.5, 0.6) is 0 Å². The number of anilines is 1. The number of carbonyl (C=O) groups excluding carboxylic acids is 3. The van der Waals surface area contributed by atoms with Crippen molar-refractivity contribution in [2.75, 3.05) is 19.1 Å². The van der Waals surface area contributed by atoms with Crippen LogP contribution in [0.2, 0.25) is 0 Å². The zero-order chi connectivity index (χ0) is 16.4. The third kappa shape index (κ3) is 2.50. The van der Waals surface area contributed by atoms with Crippen molar-refractivity contribution >= 4 is 23.5 Å². The number of amides is 2. The number of para-hydroxylation sites is 1. The van der Waals surface area contributed by atoms with E-state index in [4.69, 9.17) is 9.47 Å². The minimum atomic E-state index is -0.591. The summed E-state index contributed by atoms with van der Waals surface area (Å²) in [6.45, 7) is 3.45. The summed E-state index contributed by atoms with van der Waals surface area (Å²) in [7, 11) is 2.76. The number of ether oxygens (including phenoxy) is 2. The number of benzene rings is 1. The van der Waals surface area contributed by atoms with Gasteiger partial charge in [0.2, 0.25) is 11.8 Å². The summed E-state index contributed by atoms with van der Waals surface area (Å²) in [5, 5.41) is 0. The van der Waals surface area contributed by atoms with Gasteiger partial charge in [-0.25, -0.2) is 9.69 Å². The van der Waals surface area contributed by atoms with E-state index >= 15 is 0 Å². The van der Waals surface area contributed by atoms with E-state index in [9.17, 15) is 14.4 Å². The molecule has 1 saturated heterocycles. The predicted octanol–water partition coefficient (Wildman–Crippen LogP) is 1.63. The molecule has 1 aromatic carbocycles. The Morgan fingerprint density at radius 2 is 1.82 bits per heavy atom. The lowest BCUT2D eigenvalue weighted by molar-refractivity contribution is -0.124. The topological polar surface area (TPSA) is 72.9 Å². The molecule has 0 N–H and O–H groups in total. The van der Waals surface area contributed by atoms with Crippen molar-refractivity contribution < 1.29 is 23.9 Å². The van der Waals surface area contributed by atoms with Crippen LogP contribution < -0.4 is 4.90 Å². The molecule has 2 rings (SSSR count). The fourth-order valence-corrected chi connectivity index (χ4v) is 2.77. The zero-order valence-corrected chi connectivity index (χ0v) is 13.0. The van der Waals surface area contributed by atoms with E-state index in [0.717, 1.165) is 4.90 Å². The van der Waals surface area contributed by atoms with Gasteiger partial charge in [0.05, 0.1) is 36.3 Å². The van der Waals surface area contributed by atoms with Gasteiger partial charge >= 0.3 is 5.97 Å². The van der Waals surface area contributed by atoms with Crippen molar-refractivity contribution in [2.45, 2.75) is 20.0 Å². The van der Waals surface area contributed by atoms with Crippen LogP contribution in [0.15, 0.2) is 24.3 Å². The molecule has 0 aliphatic carbocycles. The van der Waals surface area contributed by atoms with Gasteiger partial charge in [-0.05, 0) is 19.1 Å². The summed E-state index contributed by atoms with van der Waals surface area (Å²) in [6.07, 6.45) is -0.387. The molecule has 0 saturated carbocycles. The first-order valence-electron chi connectivity index (χ1n) is 7.02. The SMILES string of the molecule is COC(=O)c1ccccc1N1C(=O)C(C)C(C(C)OC)C1=O. The molecule has 1 aromatic rings. The number of esters is 1. The van der Waals surface area contributed by atoms with Crippen LogP contribution in [-0.2, 0) is 19.1 Å². The van der Waals surface area contributed by atoms with Crippen LogP contribution in [-0.4, -0.2) is 38.1 Å². The summed E-state index contributed by atoms with van der Waals surface area (Å²) in [4.78, 5) is 38.1. The second kappa shape index (κ2) is 6.27. The van der Waals surface area contributed by atoms with Gasteiger partial charge in [0.15, 0.2) is 0 Å². The first-order valence-corrected chi connectivity index (χ1v) is 7.02. The standard InChI is InChI=1S/C16H19NO5/c1-9-13(10(2)21-3)15(19)17(14(9)18)12-8-6-5-7-11(12)16(20)22-4/h5-10,13H,1-4H3. The highest BCUT2D eigenvalue weighted by Crippen LogP contribution is 2.35. The maximum Gasteiger partial charge on any atom is 0.339 e. The fraction of sp³-hybridized carbons (Fsp3) is 0.438. The van der Waals surface area contributed by atoms with Crippen molar-refractivity contribution in [1.82, 2.24) is 0 Å². The lowest BCUT2D eigenvalue weighted by atomic mass is 9.92. The highest BCUT2D eigenvalue weighted by atomic mass is 16.5. The molecule has 1 aliphatic heterocycles. The second-order valence-electron chi connectivity index (χ2n) is 5.28. The Hall–Kier alpha value is -2.21. The van der Waals surface area contributed by atoms with Crippen molar-refractivity contribution in [3.05, 3.63) is 29.8 Å². The second-order valence-corrected chi connectivity index (χ2v) is 5.28. The normalized spacial score (nSPS) is 22.8. The minimum Gasteiger partial charge on any atom is -0.465 e. The molecule has 22 heavy (non-hydrogen) atoms. The molecule has 1 heterocycles. The smallest absolute Gasteiger partial charge is 0.339 e. The van der Waals surface area contributed by atoms with E-state index < -0.39 is 17.8 Å². The summed E-state index contributed by atoms with van der Waals surface area (Å²) in [5.41, 5.74) is 0.437. The molecule has 2 amide bonds. The molecular weight excluding hydrogens is 286 g/mol. The number of rotatable bonds is 4. The van der Waals surface area contributed by atoms with Gasteiger partial charge in [-0.15, -0.1) is 0 Å². The van der Waals surface area contributed by atoms with E-state index in [2.05, 4.69) is 0 Å². The monoisotopic (exact) mass is 305 g/mol. The van der Waals surface area contributed by atoms with Crippen LogP contribution in [0, 0.1) is 11.8 Å². The number of hydrogen-bond acceptors (Lipinski definition) is 5. The summed E-state index contributed by atoms with van der Waals surface area (Å²) >= 11 is 0. The first-order chi connectivity index (χ1) is 10.4. The zero-order valence-electron chi connectivity index (χ0n) is 13.0. The van der Waals surface area contributed by atoms with E-state index in [-0.39, 0.29) is 29.2 Å². The molecule has 6 heteroatoms. The molecule has 0 aromatic heterocycles. The highest BCUT2D eigenvalue weighted by molar-refractivity contribution is 6.23. The molecular formula is C16H19NO5. The van der Waals surface area contributed by atoms with E-state index in [1.165, 1.54) is 20.3 Å². The van der Waals surface area contributed by atoms with Crippen LogP contribution >= 0.6 is 0 Å². The Labute approximate surface area is 129 Å². The quantitative estimate of drug-likeness (QED) is 0.624. The number of imide groups is 1. The molecule has 118 valence electrons. The Morgan fingerprint density at radius 1 is 1.18 bits per heavy atom. The third-order valence-electron chi connectivity index (χ3n) is 4.08. The predicted molar refractivity (Wildman–Crippen MR) is 79.4 cm³/mol. The molecule has 1 aliphatic rings. The Kier molecular flexibility index (Phi) is 4.61. The maximum absolute atomic E-state index is 12.7. The lowest BCUT2D eigenvalue weighted by Crippen LogP contribution is -2.34. The van der Waals surface area contributed by atoms with Gasteiger partial charge in [-0.2, -0.15) is 0 Å². The molecule has 0 spiro atoms. The number of methoxy groups -OCH3 is 2. The molecule has 3 unspecified atom stereocenters. The van der Waals surface area contributed by atoms with E-state index in [1.54, 1.807) is 32.0 Å². The number of nitrogens with zero attached hydrogens (tertiary/aromatic N) is 1. The largest absolute Gasteiger partial charge is 0.465 e. The van der Waals surface area contributed by atoms with Crippen molar-refractivity contribution in [2.24, 2.45) is 11.8 Å². The highest BCUT2D eigenvalue weighted by Gasteiger charge is 2.49. The Balaban J connectivity index is 2.48. The van der Waals surface area contributed by atoms with Gasteiger partial charge in [0.25, 0.3) is 0 Å².